The summed E-state index contributed by atoms with van der Waals surface area (Å²) in [5.41, 5.74) is 0. The van der Waals surface area contributed by atoms with Crippen LogP contribution >= 0.6 is 0 Å². The van der Waals surface area contributed by atoms with Crippen LogP contribution in [0, 0.1) is 0 Å². The lowest BCUT2D eigenvalue weighted by molar-refractivity contribution is 0.0702. The van der Waals surface area contributed by atoms with Crippen LogP contribution in [0.15, 0.2) is 0 Å². The van der Waals surface area contributed by atoms with E-state index in [-0.39, 0.29) is 0 Å². The molecule has 0 aromatic rings. The van der Waals surface area contributed by atoms with E-state index in [1.54, 1.807) is 14.2 Å². The molecular formula is C21H48N2O5Si2. The fraction of sp³-hybridized carbons (Fsp3) is 1.00. The highest BCUT2D eigenvalue weighted by molar-refractivity contribution is 6.65. The zero-order valence-corrected chi connectivity index (χ0v) is 22.4. The van der Waals surface area contributed by atoms with E-state index in [0.717, 1.165) is 25.1 Å². The van der Waals surface area contributed by atoms with Gasteiger partial charge in [0.2, 0.25) is 0 Å². The van der Waals surface area contributed by atoms with Gasteiger partial charge in [-0.2, -0.15) is 0 Å². The fourth-order valence-electron chi connectivity index (χ4n) is 4.08. The summed E-state index contributed by atoms with van der Waals surface area (Å²) in [6, 6.07) is 3.36. The molecule has 30 heavy (non-hydrogen) atoms. The molecule has 2 atom stereocenters. The molecule has 180 valence electrons. The van der Waals surface area contributed by atoms with Gasteiger partial charge in [-0.1, -0.05) is 0 Å². The van der Waals surface area contributed by atoms with E-state index >= 15 is 0 Å². The van der Waals surface area contributed by atoms with Crippen LogP contribution in [0.3, 0.4) is 0 Å². The minimum atomic E-state index is -2.40. The summed E-state index contributed by atoms with van der Waals surface area (Å²) < 4.78 is 28.4. The molecule has 2 aliphatic rings. The summed E-state index contributed by atoms with van der Waals surface area (Å²) in [6.45, 7) is 12.5. The molecule has 2 rings (SSSR count). The van der Waals surface area contributed by atoms with Crippen molar-refractivity contribution in [2.24, 2.45) is 0 Å². The summed E-state index contributed by atoms with van der Waals surface area (Å²) in [5, 5.41) is 7.00. The van der Waals surface area contributed by atoms with Crippen molar-refractivity contribution in [3.63, 3.8) is 0 Å². The van der Waals surface area contributed by atoms with Crippen LogP contribution in [-0.2, 0) is 22.1 Å². The first-order valence-corrected chi connectivity index (χ1v) is 16.4. The fourth-order valence-corrected chi connectivity index (χ4v) is 8.23. The van der Waals surface area contributed by atoms with Crippen LogP contribution in [0.2, 0.25) is 18.6 Å². The molecular weight excluding hydrogens is 416 g/mol. The Kier molecular flexibility index (Phi) is 14.9. The molecule has 0 saturated carbocycles. The van der Waals surface area contributed by atoms with Gasteiger partial charge < -0.3 is 32.8 Å². The van der Waals surface area contributed by atoms with E-state index in [2.05, 4.69) is 17.2 Å². The molecule has 0 amide bonds. The van der Waals surface area contributed by atoms with Crippen molar-refractivity contribution >= 4 is 17.4 Å². The Morgan fingerprint density at radius 1 is 0.733 bits per heavy atom. The average molecular weight is 465 g/mol. The van der Waals surface area contributed by atoms with Crippen LogP contribution in [0.5, 0.6) is 0 Å². The minimum Gasteiger partial charge on any atom is -0.398 e. The third-order valence-corrected chi connectivity index (χ3v) is 12.0. The predicted molar refractivity (Wildman–Crippen MR) is 127 cm³/mol. The van der Waals surface area contributed by atoms with Gasteiger partial charge in [-0.15, -0.1) is 0 Å². The summed E-state index contributed by atoms with van der Waals surface area (Å²) in [5.74, 6) is 0. The van der Waals surface area contributed by atoms with E-state index in [0.29, 0.717) is 31.9 Å². The standard InChI is InChI=1S/C12H27NO3Si.C9H21NO2Si/c1-4-14-17(15-5-2,16-6-3)11-9-12-8-7-10-13-12;1-11-13(3,12-2)8-6-9-5-4-7-10-9/h12-13H,4-11H2,1-3H3;9-10H,4-8H2,1-3H3. The number of rotatable bonds is 14. The van der Waals surface area contributed by atoms with E-state index in [4.69, 9.17) is 22.1 Å². The molecule has 2 saturated heterocycles. The van der Waals surface area contributed by atoms with Crippen LogP contribution in [0.4, 0.5) is 0 Å². The second kappa shape index (κ2) is 15.9. The van der Waals surface area contributed by atoms with Crippen molar-refractivity contribution in [2.75, 3.05) is 47.1 Å². The number of hydrogen-bond acceptors (Lipinski definition) is 7. The molecule has 0 aliphatic carbocycles. The molecule has 2 fully saturated rings. The Labute approximate surface area is 187 Å². The summed E-state index contributed by atoms with van der Waals surface area (Å²) in [7, 11) is -0.685. The normalized spacial score (nSPS) is 22.2. The van der Waals surface area contributed by atoms with Gasteiger partial charge in [0, 0.05) is 52.2 Å². The molecule has 0 spiro atoms. The van der Waals surface area contributed by atoms with E-state index in [1.807, 2.05) is 20.8 Å². The van der Waals surface area contributed by atoms with Crippen molar-refractivity contribution in [2.45, 2.75) is 90.0 Å². The van der Waals surface area contributed by atoms with Gasteiger partial charge in [0.1, 0.15) is 0 Å². The first-order chi connectivity index (χ1) is 14.5. The number of hydrogen-bond donors (Lipinski definition) is 2. The van der Waals surface area contributed by atoms with Crippen molar-refractivity contribution < 1.29 is 22.1 Å². The molecule has 0 aromatic carbocycles. The van der Waals surface area contributed by atoms with Crippen molar-refractivity contribution in [3.05, 3.63) is 0 Å². The molecule has 2 N–H and O–H groups in total. The average Bonchev–Trinajstić information content (AvgIpc) is 3.46. The first-order valence-electron chi connectivity index (χ1n) is 11.9. The van der Waals surface area contributed by atoms with Gasteiger partial charge in [0.25, 0.3) is 0 Å². The van der Waals surface area contributed by atoms with E-state index in [9.17, 15) is 0 Å². The third kappa shape index (κ3) is 10.6. The highest BCUT2D eigenvalue weighted by atomic mass is 28.4. The SMILES string of the molecule is CCO[Si](CCC1CCCN1)(OCC)OCC.CO[Si](C)(CCC1CCCN1)OC. The highest BCUT2D eigenvalue weighted by Crippen LogP contribution is 2.22. The molecule has 0 aromatic heterocycles. The molecule has 0 bridgehead atoms. The highest BCUT2D eigenvalue weighted by Gasteiger charge is 2.40. The quantitative estimate of drug-likeness (QED) is 0.380. The zero-order valence-electron chi connectivity index (χ0n) is 20.4. The molecule has 7 nitrogen and oxygen atoms in total. The number of nitrogens with one attached hydrogen (secondary N) is 2. The first kappa shape index (κ1) is 28.2. The molecule has 2 unspecified atom stereocenters. The minimum absolute atomic E-state index is 0.628. The maximum absolute atomic E-state index is 5.84. The lowest BCUT2D eigenvalue weighted by Gasteiger charge is -2.29. The molecule has 9 heteroatoms. The van der Waals surface area contributed by atoms with Gasteiger partial charge in [-0.05, 0) is 85.0 Å². The van der Waals surface area contributed by atoms with Gasteiger partial charge in [0.05, 0.1) is 0 Å². The summed E-state index contributed by atoms with van der Waals surface area (Å²) in [6.07, 6.45) is 7.50. The Morgan fingerprint density at radius 3 is 1.50 bits per heavy atom. The second-order valence-corrected chi connectivity index (χ2v) is 14.5. The monoisotopic (exact) mass is 464 g/mol. The largest absolute Gasteiger partial charge is 0.500 e. The second-order valence-electron chi connectivity index (χ2n) is 8.19. The summed E-state index contributed by atoms with van der Waals surface area (Å²) in [4.78, 5) is 0. The third-order valence-electron chi connectivity index (χ3n) is 6.03. The Morgan fingerprint density at radius 2 is 1.17 bits per heavy atom. The zero-order chi connectivity index (χ0) is 22.3. The van der Waals surface area contributed by atoms with Crippen LogP contribution in [-0.4, -0.2) is 76.6 Å². The van der Waals surface area contributed by atoms with Gasteiger partial charge in [-0.3, -0.25) is 0 Å². The molecule has 2 heterocycles. The Hall–Kier alpha value is 0.154. The van der Waals surface area contributed by atoms with Crippen molar-refractivity contribution in [1.29, 1.82) is 0 Å². The van der Waals surface area contributed by atoms with Gasteiger partial charge in [-0.25, -0.2) is 0 Å². The lowest BCUT2D eigenvalue weighted by atomic mass is 10.2. The topological polar surface area (TPSA) is 70.2 Å². The Bertz CT molecular complexity index is 401. The van der Waals surface area contributed by atoms with Gasteiger partial charge >= 0.3 is 17.4 Å². The summed E-state index contributed by atoms with van der Waals surface area (Å²) >= 11 is 0. The van der Waals surface area contributed by atoms with Gasteiger partial charge in [0.15, 0.2) is 0 Å². The van der Waals surface area contributed by atoms with E-state index in [1.165, 1.54) is 38.6 Å². The van der Waals surface area contributed by atoms with Crippen LogP contribution < -0.4 is 10.6 Å². The van der Waals surface area contributed by atoms with Crippen molar-refractivity contribution in [1.82, 2.24) is 10.6 Å². The van der Waals surface area contributed by atoms with Crippen LogP contribution in [0.25, 0.3) is 0 Å². The maximum Gasteiger partial charge on any atom is 0.500 e. The molecule has 0 radical (unpaired) electrons. The van der Waals surface area contributed by atoms with E-state index < -0.39 is 17.4 Å². The predicted octanol–water partition coefficient (Wildman–Crippen LogP) is 3.67. The van der Waals surface area contributed by atoms with Crippen molar-refractivity contribution in [3.8, 4) is 0 Å². The molecule has 2 aliphatic heterocycles. The lowest BCUT2D eigenvalue weighted by Crippen LogP contribution is -2.46. The van der Waals surface area contributed by atoms with Crippen LogP contribution in [0.1, 0.15) is 59.3 Å². The smallest absolute Gasteiger partial charge is 0.398 e. The maximum atomic E-state index is 5.84. The Balaban J connectivity index is 0.000000311.